The van der Waals surface area contributed by atoms with Gasteiger partial charge in [0.15, 0.2) is 0 Å². The number of carbonyl (C=O) groups is 1. The van der Waals surface area contributed by atoms with Crippen molar-refractivity contribution >= 4 is 32.6 Å². The van der Waals surface area contributed by atoms with Crippen LogP contribution >= 0.6 is 0 Å². The maximum atomic E-state index is 15.9. The molecule has 1 aliphatic heterocycles. The number of aryl methyl sites for hydroxylation is 2. The van der Waals surface area contributed by atoms with E-state index in [2.05, 4.69) is 25.6 Å². The third-order valence-electron chi connectivity index (χ3n) is 6.93. The van der Waals surface area contributed by atoms with Gasteiger partial charge in [0, 0.05) is 24.4 Å². The maximum absolute atomic E-state index is 15.9. The van der Waals surface area contributed by atoms with Gasteiger partial charge < -0.3 is 15.2 Å². The van der Waals surface area contributed by atoms with Crippen LogP contribution < -0.4 is 15.8 Å². The lowest BCUT2D eigenvalue weighted by molar-refractivity contribution is 0.0516. The molecule has 214 valence electrons. The number of aromatic carboxylic acids is 1. The summed E-state index contributed by atoms with van der Waals surface area (Å²) in [6, 6.07) is 8.91. The van der Waals surface area contributed by atoms with Gasteiger partial charge in [0.1, 0.15) is 22.7 Å². The van der Waals surface area contributed by atoms with Crippen LogP contribution in [0.1, 0.15) is 47.3 Å². The summed E-state index contributed by atoms with van der Waals surface area (Å²) in [6.45, 7) is 4.16. The van der Waals surface area contributed by atoms with E-state index in [0.717, 1.165) is 11.9 Å². The number of aromatic nitrogens is 3. The zero-order valence-electron chi connectivity index (χ0n) is 22.4. The van der Waals surface area contributed by atoms with Gasteiger partial charge in [-0.3, -0.25) is 10.3 Å². The van der Waals surface area contributed by atoms with E-state index in [0.29, 0.717) is 35.4 Å². The van der Waals surface area contributed by atoms with Crippen LogP contribution in [-0.2, 0) is 27.6 Å². The van der Waals surface area contributed by atoms with Gasteiger partial charge in [-0.05, 0) is 35.7 Å². The fourth-order valence-electron chi connectivity index (χ4n) is 4.99. The number of carboxylic acid groups (broad SMARTS) is 1. The van der Waals surface area contributed by atoms with Gasteiger partial charge >= 0.3 is 5.97 Å². The minimum absolute atomic E-state index is 0.0701. The molecule has 2 aromatic heterocycles. The summed E-state index contributed by atoms with van der Waals surface area (Å²) in [6.07, 6.45) is 3.29. The fraction of sp³-hybridized carbons (Fsp3) is 0.286. The molecule has 11 nitrogen and oxygen atoms in total. The Balaban J connectivity index is 1.57. The number of nitrogens with one attached hydrogen (secondary N) is 2. The van der Waals surface area contributed by atoms with E-state index >= 15 is 4.39 Å². The number of anilines is 1. The highest BCUT2D eigenvalue weighted by atomic mass is 32.2. The molecule has 41 heavy (non-hydrogen) atoms. The number of halogens is 1. The zero-order valence-corrected chi connectivity index (χ0v) is 23.2. The number of hydrogen-bond acceptors (Lipinski definition) is 9. The Morgan fingerprint density at radius 3 is 2.66 bits per heavy atom. The van der Waals surface area contributed by atoms with Crippen molar-refractivity contribution in [3.05, 3.63) is 77.3 Å². The molecule has 0 bridgehead atoms. The van der Waals surface area contributed by atoms with Crippen molar-refractivity contribution in [2.24, 2.45) is 5.14 Å². The minimum Gasteiger partial charge on any atom is -0.478 e. The first kappa shape index (κ1) is 28.5. The molecule has 0 amide bonds. The molecule has 2 aromatic carbocycles. The molecule has 3 heterocycles. The number of morpholine rings is 1. The molecule has 0 radical (unpaired) electrons. The molecule has 5 N–H and O–H groups in total. The monoisotopic (exact) mass is 580 g/mol. The highest BCUT2D eigenvalue weighted by Crippen LogP contribution is 2.35. The number of nitrogens with zero attached hydrogens (tertiary/aromatic N) is 3. The standard InChI is InChI=1S/C28H29FN6O5S/c1-3-20-18(11-32-24(4-2)33-20)15-9-19(29)26-21(10-15)31-12-23(41(30,38)39)27(26)35-25-14-40-13-22(34-25)16-7-5-6-8-17(16)28(36)37/h5-12,22,25,34H,3-4,13-14H2,1-2H3,(H,31,35)(H,36,37)(H2,30,38,39). The Hall–Kier alpha value is -4.04. The normalized spacial score (nSPS) is 17.5. The number of carboxylic acids is 1. The second kappa shape index (κ2) is 11.4. The summed E-state index contributed by atoms with van der Waals surface area (Å²) in [7, 11) is -4.31. The van der Waals surface area contributed by atoms with Gasteiger partial charge in [0.2, 0.25) is 10.0 Å². The summed E-state index contributed by atoms with van der Waals surface area (Å²) in [4.78, 5) is 24.5. The van der Waals surface area contributed by atoms with E-state index in [9.17, 15) is 18.3 Å². The average molecular weight is 581 g/mol. The third kappa shape index (κ3) is 5.75. The molecule has 1 aliphatic rings. The first-order chi connectivity index (χ1) is 19.6. The Morgan fingerprint density at radius 1 is 1.17 bits per heavy atom. The van der Waals surface area contributed by atoms with E-state index in [1.165, 1.54) is 12.1 Å². The van der Waals surface area contributed by atoms with Crippen molar-refractivity contribution in [1.82, 2.24) is 20.3 Å². The number of ether oxygens (including phenoxy) is 1. The molecule has 5 rings (SSSR count). The van der Waals surface area contributed by atoms with Gasteiger partial charge in [0.25, 0.3) is 0 Å². The maximum Gasteiger partial charge on any atom is 0.336 e. The lowest BCUT2D eigenvalue weighted by Gasteiger charge is -2.33. The Labute approximate surface area is 236 Å². The molecule has 0 saturated carbocycles. The van der Waals surface area contributed by atoms with Crippen molar-refractivity contribution in [3.8, 4) is 11.1 Å². The van der Waals surface area contributed by atoms with Crippen molar-refractivity contribution in [3.63, 3.8) is 0 Å². The van der Waals surface area contributed by atoms with E-state index in [1.807, 2.05) is 13.8 Å². The second-order valence-corrected chi connectivity index (χ2v) is 11.1. The molecule has 1 fully saturated rings. The molecular weight excluding hydrogens is 551 g/mol. The number of pyridine rings is 1. The van der Waals surface area contributed by atoms with Crippen LogP contribution in [0, 0.1) is 5.82 Å². The molecule has 2 atom stereocenters. The predicted octanol–water partition coefficient (Wildman–Crippen LogP) is 3.40. The van der Waals surface area contributed by atoms with Gasteiger partial charge in [-0.2, -0.15) is 0 Å². The van der Waals surface area contributed by atoms with Crippen LogP contribution in [0.25, 0.3) is 22.0 Å². The topological polar surface area (TPSA) is 169 Å². The van der Waals surface area contributed by atoms with E-state index in [4.69, 9.17) is 9.88 Å². The number of hydrogen-bond donors (Lipinski definition) is 4. The fourth-order valence-corrected chi connectivity index (χ4v) is 5.63. The first-order valence-corrected chi connectivity index (χ1v) is 14.6. The number of nitrogens with two attached hydrogens (primary N) is 1. The van der Waals surface area contributed by atoms with Crippen LogP contribution in [0.2, 0.25) is 0 Å². The SMILES string of the molecule is CCc1ncc(-c2cc(F)c3c(NC4COCC(c5ccccc5C(=O)O)N4)c(S(N)(=O)=O)cnc3c2)c(CC)n1. The molecular formula is C28H29FN6O5S. The number of fused-ring (bicyclic) bond motifs is 1. The summed E-state index contributed by atoms with van der Waals surface area (Å²) < 4.78 is 46.7. The lowest BCUT2D eigenvalue weighted by Crippen LogP contribution is -2.48. The highest BCUT2D eigenvalue weighted by molar-refractivity contribution is 7.89. The van der Waals surface area contributed by atoms with Crippen molar-refractivity contribution in [1.29, 1.82) is 0 Å². The lowest BCUT2D eigenvalue weighted by atomic mass is 9.99. The molecule has 13 heteroatoms. The Morgan fingerprint density at radius 2 is 1.95 bits per heavy atom. The van der Waals surface area contributed by atoms with Gasteiger partial charge in [0.05, 0.1) is 47.1 Å². The van der Waals surface area contributed by atoms with Gasteiger partial charge in [-0.1, -0.05) is 32.0 Å². The van der Waals surface area contributed by atoms with E-state index < -0.39 is 38.9 Å². The van der Waals surface area contributed by atoms with Crippen molar-refractivity contribution in [2.45, 2.75) is 43.8 Å². The molecule has 0 spiro atoms. The second-order valence-electron chi connectivity index (χ2n) is 9.59. The molecule has 4 aromatic rings. The first-order valence-electron chi connectivity index (χ1n) is 13.0. The number of benzene rings is 2. The summed E-state index contributed by atoms with van der Waals surface area (Å²) in [5.74, 6) is -1.13. The largest absolute Gasteiger partial charge is 0.478 e. The minimum atomic E-state index is -4.31. The number of primary sulfonamides is 1. The van der Waals surface area contributed by atoms with E-state index in [1.54, 1.807) is 30.5 Å². The van der Waals surface area contributed by atoms with Gasteiger partial charge in [-0.25, -0.2) is 32.7 Å². The highest BCUT2D eigenvalue weighted by Gasteiger charge is 2.29. The Bertz CT molecular complexity index is 1750. The Kier molecular flexibility index (Phi) is 7.95. The number of sulfonamides is 1. The van der Waals surface area contributed by atoms with Crippen molar-refractivity contribution < 1.29 is 27.4 Å². The van der Waals surface area contributed by atoms with Crippen molar-refractivity contribution in [2.75, 3.05) is 18.5 Å². The smallest absolute Gasteiger partial charge is 0.336 e. The molecule has 0 aliphatic carbocycles. The molecule has 2 unspecified atom stereocenters. The van der Waals surface area contributed by atoms with Crippen LogP contribution in [0.4, 0.5) is 10.1 Å². The van der Waals surface area contributed by atoms with Crippen LogP contribution in [0.3, 0.4) is 0 Å². The average Bonchev–Trinajstić information content (AvgIpc) is 2.96. The summed E-state index contributed by atoms with van der Waals surface area (Å²) >= 11 is 0. The van der Waals surface area contributed by atoms with E-state index in [-0.39, 0.29) is 35.4 Å². The van der Waals surface area contributed by atoms with Crippen LogP contribution in [0.5, 0.6) is 0 Å². The van der Waals surface area contributed by atoms with Crippen LogP contribution in [-0.4, -0.2) is 53.8 Å². The molecule has 1 saturated heterocycles. The quantitative estimate of drug-likeness (QED) is 0.242. The third-order valence-corrected chi connectivity index (χ3v) is 7.85. The number of rotatable bonds is 8. The zero-order chi connectivity index (χ0) is 29.3. The van der Waals surface area contributed by atoms with Gasteiger partial charge in [-0.15, -0.1) is 0 Å². The summed E-state index contributed by atoms with van der Waals surface area (Å²) in [5, 5.41) is 21.3. The van der Waals surface area contributed by atoms with Crippen LogP contribution in [0.15, 0.2) is 53.7 Å². The summed E-state index contributed by atoms with van der Waals surface area (Å²) in [5.41, 5.74) is 2.63. The predicted molar refractivity (Wildman–Crippen MR) is 150 cm³/mol.